The van der Waals surface area contributed by atoms with Gasteiger partial charge in [0.05, 0.1) is 11.9 Å². The van der Waals surface area contributed by atoms with Gasteiger partial charge < -0.3 is 9.64 Å². The Kier molecular flexibility index (Phi) is 6.81. The van der Waals surface area contributed by atoms with Crippen LogP contribution in [-0.2, 0) is 4.74 Å². The number of carbonyl (C=O) groups excluding carboxylic acids is 1. The fraction of sp³-hybridized carbons (Fsp3) is 0.185. The van der Waals surface area contributed by atoms with Gasteiger partial charge in [0.15, 0.2) is 0 Å². The van der Waals surface area contributed by atoms with Crippen LogP contribution < -0.4 is 15.8 Å². The number of fused-ring (bicyclic) bond motifs is 1. The lowest BCUT2D eigenvalue weighted by molar-refractivity contribution is 0.0636. The molecule has 0 unspecified atom stereocenters. The third-order valence-electron chi connectivity index (χ3n) is 5.44. The number of ether oxygens (including phenoxy) is 1. The van der Waals surface area contributed by atoms with Crippen LogP contribution in [0.25, 0.3) is 22.0 Å². The van der Waals surface area contributed by atoms with E-state index in [1.165, 1.54) is 4.57 Å². The summed E-state index contributed by atoms with van der Waals surface area (Å²) in [6.45, 7) is 5.46. The first-order chi connectivity index (χ1) is 17.1. The van der Waals surface area contributed by atoms with E-state index in [4.69, 9.17) is 27.2 Å². The summed E-state index contributed by atoms with van der Waals surface area (Å²) in [5, 5.41) is 20.0. The molecule has 0 radical (unpaired) electrons. The molecule has 0 spiro atoms. The minimum Gasteiger partial charge on any atom is -0.444 e. The summed E-state index contributed by atoms with van der Waals surface area (Å²) >= 11 is 6.19. The number of rotatable bonds is 5. The van der Waals surface area contributed by atoms with Crippen molar-refractivity contribution in [1.29, 1.82) is 10.8 Å². The molecular formula is C27H27ClN6O2. The largest absolute Gasteiger partial charge is 0.444 e. The summed E-state index contributed by atoms with van der Waals surface area (Å²) in [6, 6.07) is 20.8. The quantitative estimate of drug-likeness (QED) is 0.216. The van der Waals surface area contributed by atoms with Gasteiger partial charge in [0.1, 0.15) is 11.4 Å². The molecule has 36 heavy (non-hydrogen) atoms. The van der Waals surface area contributed by atoms with Crippen molar-refractivity contribution in [2.24, 2.45) is 0 Å². The van der Waals surface area contributed by atoms with E-state index >= 15 is 0 Å². The maximum absolute atomic E-state index is 12.0. The molecule has 0 aliphatic carbocycles. The van der Waals surface area contributed by atoms with Crippen molar-refractivity contribution in [3.63, 3.8) is 0 Å². The zero-order valence-corrected chi connectivity index (χ0v) is 21.2. The van der Waals surface area contributed by atoms with Gasteiger partial charge in [-0.3, -0.25) is 20.7 Å². The van der Waals surface area contributed by atoms with Crippen molar-refractivity contribution < 1.29 is 9.53 Å². The molecule has 4 aromatic rings. The van der Waals surface area contributed by atoms with Crippen molar-refractivity contribution >= 4 is 52.1 Å². The molecule has 3 N–H and O–H groups in total. The van der Waals surface area contributed by atoms with E-state index in [0.29, 0.717) is 22.0 Å². The summed E-state index contributed by atoms with van der Waals surface area (Å²) in [4.78, 5) is 18.4. The molecule has 0 fully saturated rings. The Labute approximate surface area is 214 Å². The zero-order valence-electron chi connectivity index (χ0n) is 20.5. The number of hydrogen-bond acceptors (Lipinski definition) is 6. The molecule has 9 heteroatoms. The Morgan fingerprint density at radius 1 is 1.08 bits per heavy atom. The molecular weight excluding hydrogens is 476 g/mol. The first-order valence-corrected chi connectivity index (χ1v) is 11.6. The minimum atomic E-state index is -0.567. The first kappa shape index (κ1) is 24.9. The topological polar surface area (TPSA) is 107 Å². The summed E-state index contributed by atoms with van der Waals surface area (Å²) in [5.74, 6) is 0.582. The molecule has 0 saturated carbocycles. The van der Waals surface area contributed by atoms with Gasteiger partial charge in [0, 0.05) is 28.8 Å². The van der Waals surface area contributed by atoms with Crippen LogP contribution >= 0.6 is 11.6 Å². The maximum Gasteiger partial charge on any atom is 0.412 e. The third kappa shape index (κ3) is 5.39. The third-order valence-corrected chi connectivity index (χ3v) is 5.68. The molecule has 3 aromatic carbocycles. The Morgan fingerprint density at radius 3 is 2.47 bits per heavy atom. The van der Waals surface area contributed by atoms with E-state index < -0.39 is 11.7 Å². The Balaban J connectivity index is 1.64. The van der Waals surface area contributed by atoms with Crippen LogP contribution in [-0.4, -0.2) is 34.6 Å². The van der Waals surface area contributed by atoms with Crippen LogP contribution in [0.1, 0.15) is 20.8 Å². The highest BCUT2D eigenvalue weighted by Crippen LogP contribution is 2.32. The van der Waals surface area contributed by atoms with E-state index in [1.54, 1.807) is 12.1 Å². The van der Waals surface area contributed by atoms with Gasteiger partial charge in [-0.15, -0.1) is 0 Å². The normalized spacial score (nSPS) is 11.2. The number of nitrogens with one attached hydrogen (secondary N) is 3. The lowest BCUT2D eigenvalue weighted by Gasteiger charge is -2.22. The maximum atomic E-state index is 12.0. The Morgan fingerprint density at radius 2 is 1.81 bits per heavy atom. The van der Waals surface area contributed by atoms with Crippen molar-refractivity contribution in [3.05, 3.63) is 77.4 Å². The van der Waals surface area contributed by atoms with Crippen molar-refractivity contribution in [2.45, 2.75) is 26.4 Å². The number of anilines is 3. The van der Waals surface area contributed by atoms with Gasteiger partial charge in [-0.05, 0) is 74.4 Å². The van der Waals surface area contributed by atoms with E-state index in [9.17, 15) is 4.79 Å². The summed E-state index contributed by atoms with van der Waals surface area (Å²) in [7, 11) is 1.89. The summed E-state index contributed by atoms with van der Waals surface area (Å²) < 4.78 is 6.68. The number of benzene rings is 3. The molecule has 8 nitrogen and oxygen atoms in total. The van der Waals surface area contributed by atoms with E-state index in [0.717, 1.165) is 28.5 Å². The lowest BCUT2D eigenvalue weighted by atomic mass is 10.0. The fourth-order valence-electron chi connectivity index (χ4n) is 3.79. The molecule has 0 atom stereocenters. The average Bonchev–Trinajstić information content (AvgIpc) is 2.82. The SMILES string of the molecule is CN(c1cccc(-c2ccc(NC(=O)OC(C)(C)C)cc2)c1)c1nc(=N)n(C=N)c2cc(Cl)ccc12. The molecule has 0 aliphatic rings. The molecule has 184 valence electrons. The van der Waals surface area contributed by atoms with Crippen molar-refractivity contribution in [1.82, 2.24) is 9.55 Å². The molecule has 1 aromatic heterocycles. The van der Waals surface area contributed by atoms with Gasteiger partial charge in [0.25, 0.3) is 0 Å². The minimum absolute atomic E-state index is 0.0640. The fourth-order valence-corrected chi connectivity index (χ4v) is 3.96. The van der Waals surface area contributed by atoms with Crippen LogP contribution in [0.15, 0.2) is 66.7 Å². The first-order valence-electron chi connectivity index (χ1n) is 11.3. The zero-order chi connectivity index (χ0) is 26.0. The highest BCUT2D eigenvalue weighted by Gasteiger charge is 2.17. The van der Waals surface area contributed by atoms with Crippen LogP contribution in [0, 0.1) is 10.8 Å². The smallest absolute Gasteiger partial charge is 0.412 e. The van der Waals surface area contributed by atoms with Gasteiger partial charge in [0.2, 0.25) is 5.62 Å². The lowest BCUT2D eigenvalue weighted by Crippen LogP contribution is -2.27. The predicted molar refractivity (Wildman–Crippen MR) is 145 cm³/mol. The highest BCUT2D eigenvalue weighted by atomic mass is 35.5. The summed E-state index contributed by atoms with van der Waals surface area (Å²) in [6.07, 6.45) is 0.556. The average molecular weight is 503 g/mol. The number of aromatic nitrogens is 2. The van der Waals surface area contributed by atoms with Gasteiger partial charge in [-0.25, -0.2) is 4.79 Å². The monoisotopic (exact) mass is 502 g/mol. The molecule has 0 saturated heterocycles. The van der Waals surface area contributed by atoms with E-state index in [1.807, 2.05) is 87.3 Å². The number of amides is 1. The van der Waals surface area contributed by atoms with Crippen LogP contribution in [0.3, 0.4) is 0 Å². The summed E-state index contributed by atoms with van der Waals surface area (Å²) in [5.41, 5.74) is 3.46. The van der Waals surface area contributed by atoms with Crippen LogP contribution in [0.4, 0.5) is 22.0 Å². The number of halogens is 1. The highest BCUT2D eigenvalue weighted by molar-refractivity contribution is 6.31. The molecule has 1 amide bonds. The second-order valence-electron chi connectivity index (χ2n) is 9.23. The second kappa shape index (κ2) is 9.83. The number of hydrogen-bond donors (Lipinski definition) is 3. The van der Waals surface area contributed by atoms with Crippen LogP contribution in [0.2, 0.25) is 5.02 Å². The molecule has 1 heterocycles. The van der Waals surface area contributed by atoms with Gasteiger partial charge in [-0.1, -0.05) is 35.9 Å². The molecule has 4 rings (SSSR count). The predicted octanol–water partition coefficient (Wildman–Crippen LogP) is 6.41. The van der Waals surface area contributed by atoms with Gasteiger partial charge >= 0.3 is 6.09 Å². The van der Waals surface area contributed by atoms with Crippen molar-refractivity contribution in [2.75, 3.05) is 17.3 Å². The van der Waals surface area contributed by atoms with Gasteiger partial charge in [-0.2, -0.15) is 4.98 Å². The van der Waals surface area contributed by atoms with E-state index in [2.05, 4.69) is 10.3 Å². The number of carbonyl (C=O) groups is 1. The van der Waals surface area contributed by atoms with Crippen molar-refractivity contribution in [3.8, 4) is 11.1 Å². The standard InChI is InChI=1S/C27H27ClN6O2/c1-27(2,3)36-26(35)31-20-11-8-17(9-12-20)18-6-5-7-21(14-18)33(4)24-22-13-10-19(28)15-23(22)34(16-29)25(30)32-24/h5-16,29-30H,1-4H3,(H,31,35). The number of nitrogens with zero attached hydrogens (tertiary/aromatic N) is 3. The second-order valence-corrected chi connectivity index (χ2v) is 9.67. The van der Waals surface area contributed by atoms with Crippen LogP contribution in [0.5, 0.6) is 0 Å². The molecule has 0 bridgehead atoms. The molecule has 0 aliphatic heterocycles. The Bertz CT molecular complexity index is 1510. The van der Waals surface area contributed by atoms with E-state index in [-0.39, 0.29) is 5.62 Å². The Hall–Kier alpha value is -4.17.